The van der Waals surface area contributed by atoms with Gasteiger partial charge in [0.15, 0.2) is 11.6 Å². The fourth-order valence-electron chi connectivity index (χ4n) is 1.51. The minimum atomic E-state index is -0.828. The van der Waals surface area contributed by atoms with E-state index in [1.807, 2.05) is 0 Å². The maximum absolute atomic E-state index is 13.9. The number of rotatable bonds is 3. The smallest absolute Gasteiger partial charge is 0.258 e. The molecule has 20 heavy (non-hydrogen) atoms. The van der Waals surface area contributed by atoms with Crippen molar-refractivity contribution in [3.05, 3.63) is 51.3 Å². The monoisotopic (exact) mass is 358 g/mol. The summed E-state index contributed by atoms with van der Waals surface area (Å²) in [6.07, 6.45) is 1.28. The van der Waals surface area contributed by atoms with Crippen molar-refractivity contribution in [1.29, 1.82) is 0 Å². The van der Waals surface area contributed by atoms with Crippen LogP contribution in [0.1, 0.15) is 10.4 Å². The van der Waals surface area contributed by atoms with Crippen LogP contribution in [0.25, 0.3) is 0 Å². The molecular formula is C12H9BrClFN4O. The summed E-state index contributed by atoms with van der Waals surface area (Å²) >= 11 is 9.16. The molecule has 1 heterocycles. The highest BCUT2D eigenvalue weighted by Gasteiger charge is 2.17. The third kappa shape index (κ3) is 2.90. The summed E-state index contributed by atoms with van der Waals surface area (Å²) in [6.45, 7) is 0. The lowest BCUT2D eigenvalue weighted by molar-refractivity contribution is 0.102. The Morgan fingerprint density at radius 2 is 2.15 bits per heavy atom. The lowest BCUT2D eigenvalue weighted by Crippen LogP contribution is -2.17. The largest absolute Gasteiger partial charge is 0.321 e. The number of hydrazine groups is 1. The number of pyridine rings is 1. The van der Waals surface area contributed by atoms with Crippen molar-refractivity contribution in [1.82, 2.24) is 4.98 Å². The van der Waals surface area contributed by atoms with Crippen molar-refractivity contribution in [3.63, 3.8) is 0 Å². The van der Waals surface area contributed by atoms with Crippen molar-refractivity contribution in [2.24, 2.45) is 5.84 Å². The topological polar surface area (TPSA) is 80.0 Å². The van der Waals surface area contributed by atoms with Gasteiger partial charge < -0.3 is 10.7 Å². The molecular weight excluding hydrogens is 351 g/mol. The van der Waals surface area contributed by atoms with E-state index in [9.17, 15) is 9.18 Å². The van der Waals surface area contributed by atoms with Crippen LogP contribution < -0.4 is 16.6 Å². The van der Waals surface area contributed by atoms with Crippen molar-refractivity contribution < 1.29 is 9.18 Å². The molecule has 0 radical (unpaired) electrons. The maximum atomic E-state index is 13.9. The number of amides is 1. The van der Waals surface area contributed by atoms with Gasteiger partial charge in [-0.2, -0.15) is 0 Å². The number of anilines is 2. The van der Waals surface area contributed by atoms with E-state index in [-0.39, 0.29) is 11.4 Å². The van der Waals surface area contributed by atoms with Gasteiger partial charge in [0, 0.05) is 6.20 Å². The molecule has 104 valence electrons. The number of nitrogens with two attached hydrogens (primary N) is 1. The third-order valence-electron chi connectivity index (χ3n) is 2.47. The highest BCUT2D eigenvalue weighted by atomic mass is 79.9. The number of hydrogen-bond donors (Lipinski definition) is 3. The predicted octanol–water partition coefficient (Wildman–Crippen LogP) is 3.17. The Hall–Kier alpha value is -1.70. The highest BCUT2D eigenvalue weighted by Crippen LogP contribution is 2.30. The van der Waals surface area contributed by atoms with E-state index in [0.717, 1.165) is 0 Å². The molecule has 0 fully saturated rings. The lowest BCUT2D eigenvalue weighted by Gasteiger charge is -2.10. The SMILES string of the molecule is NNc1nccc(C(=O)Nc2cccc(Cl)c2Br)c1F. The predicted molar refractivity (Wildman–Crippen MR) is 79.1 cm³/mol. The van der Waals surface area contributed by atoms with Crippen molar-refractivity contribution in [2.75, 3.05) is 10.7 Å². The molecule has 2 rings (SSSR count). The van der Waals surface area contributed by atoms with Crippen molar-refractivity contribution in [2.45, 2.75) is 0 Å². The second-order valence-electron chi connectivity index (χ2n) is 3.72. The molecule has 0 atom stereocenters. The van der Waals surface area contributed by atoms with E-state index in [1.165, 1.54) is 12.3 Å². The van der Waals surface area contributed by atoms with Gasteiger partial charge in [-0.25, -0.2) is 15.2 Å². The van der Waals surface area contributed by atoms with Gasteiger partial charge in [0.2, 0.25) is 0 Å². The van der Waals surface area contributed by atoms with Crippen LogP contribution in [0, 0.1) is 5.82 Å². The van der Waals surface area contributed by atoms with Crippen LogP contribution in [-0.4, -0.2) is 10.9 Å². The van der Waals surface area contributed by atoms with Gasteiger partial charge in [0.25, 0.3) is 5.91 Å². The van der Waals surface area contributed by atoms with Gasteiger partial charge in [-0.15, -0.1) is 0 Å². The van der Waals surface area contributed by atoms with Crippen molar-refractivity contribution >= 4 is 44.9 Å². The van der Waals surface area contributed by atoms with Gasteiger partial charge in [0.05, 0.1) is 20.7 Å². The summed E-state index contributed by atoms with van der Waals surface area (Å²) in [4.78, 5) is 15.7. The Labute approximate surface area is 127 Å². The molecule has 0 saturated carbocycles. The molecule has 0 bridgehead atoms. The first-order chi connectivity index (χ1) is 9.54. The highest BCUT2D eigenvalue weighted by molar-refractivity contribution is 9.10. The number of hydrogen-bond acceptors (Lipinski definition) is 4. The van der Waals surface area contributed by atoms with Crippen LogP contribution in [0.5, 0.6) is 0 Å². The molecule has 0 spiro atoms. The Bertz CT molecular complexity index is 668. The van der Waals surface area contributed by atoms with E-state index >= 15 is 0 Å². The van der Waals surface area contributed by atoms with Crippen LogP contribution in [0.2, 0.25) is 5.02 Å². The summed E-state index contributed by atoms with van der Waals surface area (Å²) in [7, 11) is 0. The summed E-state index contributed by atoms with van der Waals surface area (Å²) in [5, 5.41) is 2.99. The molecule has 8 heteroatoms. The van der Waals surface area contributed by atoms with Gasteiger partial charge in [-0.1, -0.05) is 17.7 Å². The summed E-state index contributed by atoms with van der Waals surface area (Å²) < 4.78 is 14.4. The van der Waals surface area contributed by atoms with E-state index in [0.29, 0.717) is 15.2 Å². The number of nitrogens with zero attached hydrogens (tertiary/aromatic N) is 1. The molecule has 1 aromatic heterocycles. The fraction of sp³-hybridized carbons (Fsp3) is 0. The third-order valence-corrected chi connectivity index (χ3v) is 3.87. The Morgan fingerprint density at radius 3 is 2.85 bits per heavy atom. The number of nitrogen functional groups attached to an aromatic ring is 1. The van der Waals surface area contributed by atoms with Gasteiger partial charge >= 0.3 is 0 Å². The number of halogens is 3. The van der Waals surface area contributed by atoms with Crippen molar-refractivity contribution in [3.8, 4) is 0 Å². The van der Waals surface area contributed by atoms with Gasteiger partial charge in [-0.05, 0) is 34.1 Å². The van der Waals surface area contributed by atoms with E-state index in [4.69, 9.17) is 17.4 Å². The first kappa shape index (κ1) is 14.7. The molecule has 1 amide bonds. The van der Waals surface area contributed by atoms with E-state index in [2.05, 4.69) is 31.7 Å². The molecule has 5 nitrogen and oxygen atoms in total. The minimum absolute atomic E-state index is 0.181. The second-order valence-corrected chi connectivity index (χ2v) is 4.92. The van der Waals surface area contributed by atoms with Crippen LogP contribution in [0.4, 0.5) is 15.9 Å². The average molecular weight is 360 g/mol. The Morgan fingerprint density at radius 1 is 1.40 bits per heavy atom. The fourth-order valence-corrected chi connectivity index (χ4v) is 2.05. The Balaban J connectivity index is 2.31. The molecule has 4 N–H and O–H groups in total. The zero-order valence-electron chi connectivity index (χ0n) is 9.95. The molecule has 0 aliphatic rings. The number of aromatic nitrogens is 1. The van der Waals surface area contributed by atoms with Crippen LogP contribution in [-0.2, 0) is 0 Å². The van der Waals surface area contributed by atoms with Crippen LogP contribution in [0.3, 0.4) is 0 Å². The molecule has 1 aromatic carbocycles. The standard InChI is InChI=1S/C12H9BrClFN4O/c13-9-7(14)2-1-3-8(9)18-12(20)6-4-5-17-11(19-16)10(6)15/h1-5H,16H2,(H,17,19)(H,18,20). The molecule has 0 aliphatic carbocycles. The number of benzene rings is 1. The number of nitrogens with one attached hydrogen (secondary N) is 2. The van der Waals surface area contributed by atoms with E-state index in [1.54, 1.807) is 18.2 Å². The first-order valence-corrected chi connectivity index (χ1v) is 6.58. The number of carbonyl (C=O) groups excluding carboxylic acids is 1. The summed E-state index contributed by atoms with van der Waals surface area (Å²) in [5.74, 6) is 3.44. The molecule has 0 unspecified atom stereocenters. The van der Waals surface area contributed by atoms with Gasteiger partial charge in [0.1, 0.15) is 0 Å². The first-order valence-electron chi connectivity index (χ1n) is 5.41. The van der Waals surface area contributed by atoms with Gasteiger partial charge in [-0.3, -0.25) is 4.79 Å². The molecule has 0 aliphatic heterocycles. The summed E-state index contributed by atoms with van der Waals surface area (Å²) in [6, 6.07) is 6.21. The zero-order valence-corrected chi connectivity index (χ0v) is 12.3. The lowest BCUT2D eigenvalue weighted by atomic mass is 10.2. The quantitative estimate of drug-likeness (QED) is 0.581. The van der Waals surface area contributed by atoms with E-state index < -0.39 is 11.7 Å². The van der Waals surface area contributed by atoms with Crippen LogP contribution in [0.15, 0.2) is 34.9 Å². The maximum Gasteiger partial charge on any atom is 0.258 e. The summed E-state index contributed by atoms with van der Waals surface area (Å²) in [5.41, 5.74) is 2.33. The average Bonchev–Trinajstić information content (AvgIpc) is 2.44. The second kappa shape index (κ2) is 6.17. The zero-order chi connectivity index (χ0) is 14.7. The minimum Gasteiger partial charge on any atom is -0.321 e. The Kier molecular flexibility index (Phi) is 4.53. The normalized spacial score (nSPS) is 10.2. The van der Waals surface area contributed by atoms with Crippen LogP contribution >= 0.6 is 27.5 Å². The number of carbonyl (C=O) groups is 1. The molecule has 2 aromatic rings. The molecule has 0 saturated heterocycles.